The minimum absolute atomic E-state index is 0.0231. The van der Waals surface area contributed by atoms with Crippen molar-refractivity contribution in [2.24, 2.45) is 0 Å². The van der Waals surface area contributed by atoms with E-state index in [1.807, 2.05) is 35.4 Å². The van der Waals surface area contributed by atoms with Crippen LogP contribution < -0.4 is 5.32 Å². The molecule has 2 aromatic carbocycles. The lowest BCUT2D eigenvalue weighted by Crippen LogP contribution is -2.49. The number of aromatic nitrogens is 1. The van der Waals surface area contributed by atoms with Gasteiger partial charge in [-0.15, -0.1) is 0 Å². The summed E-state index contributed by atoms with van der Waals surface area (Å²) in [7, 11) is 0. The maximum absolute atomic E-state index is 13.1. The molecule has 28 heavy (non-hydrogen) atoms. The highest BCUT2D eigenvalue weighted by molar-refractivity contribution is 6.30. The number of carbonyl (C=O) groups is 2. The molecule has 2 N–H and O–H groups in total. The van der Waals surface area contributed by atoms with E-state index < -0.39 is 6.04 Å². The molecule has 1 aliphatic rings. The standard InChI is InChI=1S/C22H22ClN3O2/c23-17-9-7-15(8-10-17)21(27)25-20(22(28)26-11-3-4-12-26)13-16-14-24-19-6-2-1-5-18(16)19/h1-2,5-10,14,20,24H,3-4,11-13H2,(H,25,27)/t20-/m0/s1. The van der Waals surface area contributed by atoms with Crippen LogP contribution in [0.1, 0.15) is 28.8 Å². The van der Waals surface area contributed by atoms with Crippen LogP contribution in [0.3, 0.4) is 0 Å². The summed E-state index contributed by atoms with van der Waals surface area (Å²) in [6, 6.07) is 14.0. The van der Waals surface area contributed by atoms with Crippen molar-refractivity contribution in [1.82, 2.24) is 15.2 Å². The second-order valence-corrected chi connectivity index (χ2v) is 7.57. The molecule has 0 aliphatic carbocycles. The number of fused-ring (bicyclic) bond motifs is 1. The van der Waals surface area contributed by atoms with Gasteiger partial charge in [0.25, 0.3) is 5.91 Å². The van der Waals surface area contributed by atoms with Gasteiger partial charge in [0.15, 0.2) is 0 Å². The SMILES string of the molecule is O=C(N[C@@H](Cc1c[nH]c2ccccc12)C(=O)N1CCCC1)c1ccc(Cl)cc1. The van der Waals surface area contributed by atoms with Crippen molar-refractivity contribution in [3.63, 3.8) is 0 Å². The van der Waals surface area contributed by atoms with Gasteiger partial charge in [-0.3, -0.25) is 9.59 Å². The molecule has 1 fully saturated rings. The summed E-state index contributed by atoms with van der Waals surface area (Å²) >= 11 is 5.91. The summed E-state index contributed by atoms with van der Waals surface area (Å²) in [5, 5.41) is 4.59. The van der Waals surface area contributed by atoms with Crippen LogP contribution in [0.5, 0.6) is 0 Å². The molecular weight excluding hydrogens is 374 g/mol. The van der Waals surface area contributed by atoms with Crippen LogP contribution in [0.15, 0.2) is 54.7 Å². The number of H-pyrrole nitrogens is 1. The fourth-order valence-corrected chi connectivity index (χ4v) is 3.85. The van der Waals surface area contributed by atoms with Crippen molar-refractivity contribution in [3.05, 3.63) is 70.9 Å². The summed E-state index contributed by atoms with van der Waals surface area (Å²) in [4.78, 5) is 30.9. The monoisotopic (exact) mass is 395 g/mol. The number of hydrogen-bond acceptors (Lipinski definition) is 2. The van der Waals surface area contributed by atoms with Crippen LogP contribution in [0, 0.1) is 0 Å². The Kier molecular flexibility index (Phi) is 5.35. The third-order valence-electron chi connectivity index (χ3n) is 5.23. The van der Waals surface area contributed by atoms with E-state index in [4.69, 9.17) is 11.6 Å². The average molecular weight is 396 g/mol. The number of likely N-dealkylation sites (tertiary alicyclic amines) is 1. The molecule has 1 aromatic heterocycles. The molecule has 2 heterocycles. The first-order valence-corrected chi connectivity index (χ1v) is 9.90. The summed E-state index contributed by atoms with van der Waals surface area (Å²) in [6.45, 7) is 1.50. The predicted octanol–water partition coefficient (Wildman–Crippen LogP) is 3.78. The molecule has 0 radical (unpaired) electrons. The Morgan fingerprint density at radius 1 is 1.07 bits per heavy atom. The van der Waals surface area contributed by atoms with Gasteiger partial charge in [-0.05, 0) is 48.7 Å². The molecule has 5 nitrogen and oxygen atoms in total. The van der Waals surface area contributed by atoms with Gasteiger partial charge >= 0.3 is 0 Å². The van der Waals surface area contributed by atoms with E-state index >= 15 is 0 Å². The lowest BCUT2D eigenvalue weighted by Gasteiger charge is -2.24. The average Bonchev–Trinajstić information content (AvgIpc) is 3.38. The van der Waals surface area contributed by atoms with Crippen LogP contribution in [-0.2, 0) is 11.2 Å². The van der Waals surface area contributed by atoms with E-state index in [9.17, 15) is 9.59 Å². The first-order chi connectivity index (χ1) is 13.6. The summed E-state index contributed by atoms with van der Waals surface area (Å²) in [5.74, 6) is -0.292. The predicted molar refractivity (Wildman–Crippen MR) is 111 cm³/mol. The van der Waals surface area contributed by atoms with Crippen LogP contribution in [0.2, 0.25) is 5.02 Å². The quantitative estimate of drug-likeness (QED) is 0.690. The molecule has 1 atom stereocenters. The van der Waals surface area contributed by atoms with Gasteiger partial charge in [0.05, 0.1) is 0 Å². The third kappa shape index (κ3) is 3.90. The Morgan fingerprint density at radius 2 is 1.79 bits per heavy atom. The molecule has 6 heteroatoms. The molecule has 0 spiro atoms. The number of halogens is 1. The normalized spacial score (nSPS) is 15.0. The number of para-hydroxylation sites is 1. The highest BCUT2D eigenvalue weighted by atomic mass is 35.5. The summed E-state index contributed by atoms with van der Waals surface area (Å²) in [5.41, 5.74) is 2.53. The van der Waals surface area contributed by atoms with E-state index in [0.29, 0.717) is 17.0 Å². The van der Waals surface area contributed by atoms with Gasteiger partial charge in [0.2, 0.25) is 5.91 Å². The highest BCUT2D eigenvalue weighted by Gasteiger charge is 2.29. The number of benzene rings is 2. The van der Waals surface area contributed by atoms with Crippen LogP contribution in [0.4, 0.5) is 0 Å². The van der Waals surface area contributed by atoms with Crippen LogP contribution >= 0.6 is 11.6 Å². The van der Waals surface area contributed by atoms with E-state index in [2.05, 4.69) is 10.3 Å². The van der Waals surface area contributed by atoms with E-state index in [1.165, 1.54) is 0 Å². The number of rotatable bonds is 5. The molecule has 144 valence electrons. The molecule has 0 unspecified atom stereocenters. The number of hydrogen-bond donors (Lipinski definition) is 2. The Hall–Kier alpha value is -2.79. The number of carbonyl (C=O) groups excluding carboxylic acids is 2. The van der Waals surface area contributed by atoms with Crippen molar-refractivity contribution in [1.29, 1.82) is 0 Å². The van der Waals surface area contributed by atoms with Crippen LogP contribution in [0.25, 0.3) is 10.9 Å². The summed E-state index contributed by atoms with van der Waals surface area (Å²) < 4.78 is 0. The van der Waals surface area contributed by atoms with Crippen molar-refractivity contribution >= 4 is 34.3 Å². The minimum Gasteiger partial charge on any atom is -0.361 e. The lowest BCUT2D eigenvalue weighted by atomic mass is 10.0. The van der Waals surface area contributed by atoms with Crippen molar-refractivity contribution in [2.75, 3.05) is 13.1 Å². The fraction of sp³-hybridized carbons (Fsp3) is 0.273. The number of nitrogens with one attached hydrogen (secondary N) is 2. The molecule has 0 bridgehead atoms. The third-order valence-corrected chi connectivity index (χ3v) is 5.48. The van der Waals surface area contributed by atoms with Gasteiger partial charge < -0.3 is 15.2 Å². The van der Waals surface area contributed by atoms with Gasteiger partial charge in [0, 0.05) is 47.2 Å². The number of amides is 2. The minimum atomic E-state index is -0.611. The zero-order chi connectivity index (χ0) is 19.5. The van der Waals surface area contributed by atoms with E-state index in [0.717, 1.165) is 42.4 Å². The van der Waals surface area contributed by atoms with E-state index in [-0.39, 0.29) is 11.8 Å². The molecule has 1 saturated heterocycles. The van der Waals surface area contributed by atoms with Crippen molar-refractivity contribution < 1.29 is 9.59 Å². The molecular formula is C22H22ClN3O2. The topological polar surface area (TPSA) is 65.2 Å². The Morgan fingerprint density at radius 3 is 2.54 bits per heavy atom. The zero-order valence-corrected chi connectivity index (χ0v) is 16.2. The number of aromatic amines is 1. The summed E-state index contributed by atoms with van der Waals surface area (Å²) in [6.07, 6.45) is 4.38. The highest BCUT2D eigenvalue weighted by Crippen LogP contribution is 2.21. The smallest absolute Gasteiger partial charge is 0.251 e. The molecule has 3 aromatic rings. The molecule has 0 saturated carbocycles. The van der Waals surface area contributed by atoms with Gasteiger partial charge in [-0.1, -0.05) is 29.8 Å². The second-order valence-electron chi connectivity index (χ2n) is 7.13. The Bertz CT molecular complexity index is 990. The maximum atomic E-state index is 13.1. The fourth-order valence-electron chi connectivity index (χ4n) is 3.72. The maximum Gasteiger partial charge on any atom is 0.251 e. The molecule has 4 rings (SSSR count). The molecule has 1 aliphatic heterocycles. The Labute approximate surface area is 168 Å². The van der Waals surface area contributed by atoms with Gasteiger partial charge in [0.1, 0.15) is 6.04 Å². The van der Waals surface area contributed by atoms with Crippen LogP contribution in [-0.4, -0.2) is 40.8 Å². The van der Waals surface area contributed by atoms with Crippen molar-refractivity contribution in [3.8, 4) is 0 Å². The van der Waals surface area contributed by atoms with Gasteiger partial charge in [-0.25, -0.2) is 0 Å². The van der Waals surface area contributed by atoms with E-state index in [1.54, 1.807) is 24.3 Å². The number of nitrogens with zero attached hydrogens (tertiary/aromatic N) is 1. The largest absolute Gasteiger partial charge is 0.361 e. The van der Waals surface area contributed by atoms with Crippen molar-refractivity contribution in [2.45, 2.75) is 25.3 Å². The Balaban J connectivity index is 1.58. The molecule has 2 amide bonds. The van der Waals surface area contributed by atoms with Gasteiger partial charge in [-0.2, -0.15) is 0 Å². The second kappa shape index (κ2) is 8.07. The lowest BCUT2D eigenvalue weighted by molar-refractivity contribution is -0.132. The first kappa shape index (κ1) is 18.6. The first-order valence-electron chi connectivity index (χ1n) is 9.52. The zero-order valence-electron chi connectivity index (χ0n) is 15.5.